The van der Waals surface area contributed by atoms with E-state index >= 15 is 0 Å². The van der Waals surface area contributed by atoms with E-state index in [1.54, 1.807) is 0 Å². The van der Waals surface area contributed by atoms with Crippen molar-refractivity contribution in [1.29, 1.82) is 0 Å². The zero-order valence-electron chi connectivity index (χ0n) is 10.4. The lowest BCUT2D eigenvalue weighted by molar-refractivity contribution is -0.141. The summed E-state index contributed by atoms with van der Waals surface area (Å²) in [6.07, 6.45) is -0.636. The van der Waals surface area contributed by atoms with Gasteiger partial charge in [0.05, 0.1) is 6.10 Å². The number of carbonyl (C=O) groups is 2. The van der Waals surface area contributed by atoms with Gasteiger partial charge in [-0.15, -0.1) is 0 Å². The number of nitrogens with zero attached hydrogens (tertiary/aromatic N) is 1. The molecule has 108 valence electrons. The quantitative estimate of drug-likeness (QED) is 0.683. The van der Waals surface area contributed by atoms with Crippen molar-refractivity contribution in [2.24, 2.45) is 0 Å². The van der Waals surface area contributed by atoms with Gasteiger partial charge in [-0.2, -0.15) is 23.5 Å². The number of amides is 2. The summed E-state index contributed by atoms with van der Waals surface area (Å²) in [5, 5.41) is 21.7. The molecule has 0 bridgehead atoms. The van der Waals surface area contributed by atoms with E-state index in [-0.39, 0.29) is 19.0 Å². The van der Waals surface area contributed by atoms with Crippen molar-refractivity contribution in [2.75, 3.05) is 30.3 Å². The molecule has 2 fully saturated rings. The van der Waals surface area contributed by atoms with Crippen LogP contribution in [0.25, 0.3) is 0 Å². The van der Waals surface area contributed by atoms with Crippen LogP contribution >= 0.6 is 23.5 Å². The van der Waals surface area contributed by atoms with Crippen LogP contribution in [-0.4, -0.2) is 74.9 Å². The molecule has 0 aromatic heterocycles. The number of carbonyl (C=O) groups excluding carboxylic acids is 1. The Labute approximate surface area is 120 Å². The lowest BCUT2D eigenvalue weighted by Gasteiger charge is -2.25. The van der Waals surface area contributed by atoms with Gasteiger partial charge in [-0.3, -0.25) is 0 Å². The number of hydrogen-bond acceptors (Lipinski definition) is 5. The fourth-order valence-corrected chi connectivity index (χ4v) is 4.84. The average molecular weight is 306 g/mol. The summed E-state index contributed by atoms with van der Waals surface area (Å²) in [5.74, 6) is 2.19. The minimum atomic E-state index is -1.06. The second-order valence-electron chi connectivity index (χ2n) is 4.65. The molecule has 2 aliphatic heterocycles. The summed E-state index contributed by atoms with van der Waals surface area (Å²) in [5.41, 5.74) is 0. The first-order valence-electron chi connectivity index (χ1n) is 6.22. The van der Waals surface area contributed by atoms with Crippen molar-refractivity contribution < 1.29 is 19.8 Å². The van der Waals surface area contributed by atoms with Crippen LogP contribution in [0.5, 0.6) is 0 Å². The van der Waals surface area contributed by atoms with Crippen LogP contribution in [0.15, 0.2) is 0 Å². The van der Waals surface area contributed by atoms with Gasteiger partial charge >= 0.3 is 12.0 Å². The number of aliphatic hydroxyl groups excluding tert-OH is 1. The highest BCUT2D eigenvalue weighted by Crippen LogP contribution is 2.23. The molecule has 2 unspecified atom stereocenters. The molecule has 6 nitrogen and oxygen atoms in total. The van der Waals surface area contributed by atoms with E-state index in [2.05, 4.69) is 5.32 Å². The Hall–Kier alpha value is -0.600. The molecule has 19 heavy (non-hydrogen) atoms. The van der Waals surface area contributed by atoms with E-state index in [1.807, 2.05) is 23.5 Å². The number of aliphatic carboxylic acids is 1. The maximum absolute atomic E-state index is 12.0. The number of hydrogen-bond donors (Lipinski definition) is 3. The monoisotopic (exact) mass is 306 g/mol. The predicted octanol–water partition coefficient (Wildman–Crippen LogP) is 0.0644. The van der Waals surface area contributed by atoms with Gasteiger partial charge in [0, 0.05) is 42.0 Å². The number of aliphatic hydroxyl groups is 1. The molecule has 0 saturated carbocycles. The highest BCUT2D eigenvalue weighted by molar-refractivity contribution is 8.06. The van der Waals surface area contributed by atoms with E-state index < -0.39 is 18.1 Å². The van der Waals surface area contributed by atoms with Gasteiger partial charge in [0.15, 0.2) is 0 Å². The number of carboxylic acids is 1. The first-order valence-corrected chi connectivity index (χ1v) is 8.43. The second kappa shape index (κ2) is 6.71. The van der Waals surface area contributed by atoms with Crippen molar-refractivity contribution in [3.63, 3.8) is 0 Å². The largest absolute Gasteiger partial charge is 0.480 e. The summed E-state index contributed by atoms with van der Waals surface area (Å²) in [4.78, 5) is 24.2. The molecule has 2 amide bonds. The van der Waals surface area contributed by atoms with Gasteiger partial charge in [0.1, 0.15) is 6.04 Å². The van der Waals surface area contributed by atoms with Crippen molar-refractivity contribution >= 4 is 35.5 Å². The molecule has 3 atom stereocenters. The Morgan fingerprint density at radius 2 is 2.16 bits per heavy atom. The summed E-state index contributed by atoms with van der Waals surface area (Å²) in [7, 11) is 0. The predicted molar refractivity (Wildman–Crippen MR) is 75.7 cm³/mol. The standard InChI is InChI=1S/C11H18N2O4S2/c14-7-3-9(10(15)16)13(5-7)11(17)12-4-8-6-18-1-2-19-8/h7-9,14H,1-6H2,(H,12,17)(H,15,16)/t7?,8?,9-/m0/s1. The van der Waals surface area contributed by atoms with E-state index in [0.717, 1.165) is 17.3 Å². The lowest BCUT2D eigenvalue weighted by atomic mass is 10.2. The fraction of sp³-hybridized carbons (Fsp3) is 0.818. The first kappa shape index (κ1) is 14.8. The van der Waals surface area contributed by atoms with Crippen LogP contribution in [0, 0.1) is 0 Å². The molecule has 8 heteroatoms. The highest BCUT2D eigenvalue weighted by atomic mass is 32.2. The zero-order chi connectivity index (χ0) is 13.8. The molecule has 0 aromatic carbocycles. The van der Waals surface area contributed by atoms with Crippen molar-refractivity contribution in [2.45, 2.75) is 23.8 Å². The maximum Gasteiger partial charge on any atom is 0.326 e. The summed E-state index contributed by atoms with van der Waals surface area (Å²) < 4.78 is 0. The van der Waals surface area contributed by atoms with Crippen molar-refractivity contribution in [3.05, 3.63) is 0 Å². The molecule has 2 heterocycles. The molecular formula is C11H18N2O4S2. The molecular weight excluding hydrogens is 288 g/mol. The minimum absolute atomic E-state index is 0.0926. The maximum atomic E-state index is 12.0. The van der Waals surface area contributed by atoms with Gasteiger partial charge in [0.25, 0.3) is 0 Å². The molecule has 0 spiro atoms. The molecule has 2 saturated heterocycles. The molecule has 2 aliphatic rings. The van der Waals surface area contributed by atoms with E-state index in [4.69, 9.17) is 5.11 Å². The molecule has 0 aromatic rings. The Bertz CT molecular complexity index is 350. The summed E-state index contributed by atoms with van der Waals surface area (Å²) in [6.45, 7) is 0.644. The van der Waals surface area contributed by atoms with Gasteiger partial charge < -0.3 is 20.4 Å². The number of rotatable bonds is 3. The van der Waals surface area contributed by atoms with Crippen LogP contribution in [0.4, 0.5) is 4.79 Å². The third-order valence-electron chi connectivity index (χ3n) is 3.19. The fourth-order valence-electron chi connectivity index (χ4n) is 2.23. The second-order valence-corrected chi connectivity index (χ2v) is 7.21. The van der Waals surface area contributed by atoms with E-state index in [1.165, 1.54) is 4.90 Å². The van der Waals surface area contributed by atoms with Gasteiger partial charge in [0.2, 0.25) is 0 Å². The van der Waals surface area contributed by atoms with Crippen LogP contribution in [-0.2, 0) is 4.79 Å². The number of likely N-dealkylation sites (tertiary alicyclic amines) is 1. The Morgan fingerprint density at radius 3 is 2.79 bits per heavy atom. The third-order valence-corrected chi connectivity index (χ3v) is 6.04. The summed E-state index contributed by atoms with van der Waals surface area (Å²) in [6, 6.07) is -1.30. The van der Waals surface area contributed by atoms with E-state index in [0.29, 0.717) is 11.8 Å². The highest BCUT2D eigenvalue weighted by Gasteiger charge is 2.39. The van der Waals surface area contributed by atoms with Gasteiger partial charge in [-0.05, 0) is 0 Å². The topological polar surface area (TPSA) is 89.9 Å². The van der Waals surface area contributed by atoms with Crippen LogP contribution < -0.4 is 5.32 Å². The first-order chi connectivity index (χ1) is 9.08. The molecule has 3 N–H and O–H groups in total. The Balaban J connectivity index is 1.82. The van der Waals surface area contributed by atoms with Crippen LogP contribution in [0.2, 0.25) is 0 Å². The Morgan fingerprint density at radius 1 is 1.37 bits per heavy atom. The number of carboxylic acid groups (broad SMARTS) is 1. The lowest BCUT2D eigenvalue weighted by Crippen LogP contribution is -2.48. The molecule has 0 radical (unpaired) electrons. The Kier molecular flexibility index (Phi) is 5.23. The normalized spacial score (nSPS) is 31.2. The van der Waals surface area contributed by atoms with Crippen LogP contribution in [0.3, 0.4) is 0 Å². The molecule has 0 aliphatic carbocycles. The minimum Gasteiger partial charge on any atom is -0.480 e. The van der Waals surface area contributed by atoms with Gasteiger partial charge in [-0.25, -0.2) is 9.59 Å². The zero-order valence-corrected chi connectivity index (χ0v) is 12.1. The van der Waals surface area contributed by atoms with Gasteiger partial charge in [-0.1, -0.05) is 0 Å². The SMILES string of the molecule is O=C(O)[C@@H]1CC(O)CN1C(=O)NCC1CSCCS1. The average Bonchev–Trinajstić information content (AvgIpc) is 2.79. The smallest absolute Gasteiger partial charge is 0.326 e. The van der Waals surface area contributed by atoms with Crippen LogP contribution in [0.1, 0.15) is 6.42 Å². The molecule has 2 rings (SSSR count). The number of thioether (sulfide) groups is 2. The van der Waals surface area contributed by atoms with Crippen molar-refractivity contribution in [3.8, 4) is 0 Å². The third kappa shape index (κ3) is 3.93. The van der Waals surface area contributed by atoms with Crippen molar-refractivity contribution in [1.82, 2.24) is 10.2 Å². The van der Waals surface area contributed by atoms with E-state index in [9.17, 15) is 14.7 Å². The number of nitrogens with one attached hydrogen (secondary N) is 1. The summed E-state index contributed by atoms with van der Waals surface area (Å²) >= 11 is 3.71. The number of urea groups is 1. The number of β-amino-alcohol motifs (C(OH)–C–C–N with tert-alkyl or cyclic N) is 1.